The van der Waals surface area contributed by atoms with E-state index in [2.05, 4.69) is 5.32 Å². The van der Waals surface area contributed by atoms with Crippen LogP contribution in [0.4, 0.5) is 0 Å². The maximum atomic E-state index is 11.5. The molecule has 1 rings (SSSR count). The van der Waals surface area contributed by atoms with E-state index in [0.717, 1.165) is 5.56 Å². The first-order valence-electron chi connectivity index (χ1n) is 5.63. The molecule has 4 heteroatoms. The first-order chi connectivity index (χ1) is 8.04. The van der Waals surface area contributed by atoms with Crippen molar-refractivity contribution in [2.75, 3.05) is 7.11 Å². The van der Waals surface area contributed by atoms with Crippen molar-refractivity contribution >= 4 is 5.97 Å². The molecule has 0 amide bonds. The number of aromatic hydroxyl groups is 1. The number of phenols is 1. The number of ether oxygens (including phenoxy) is 1. The Morgan fingerprint density at radius 2 is 2.18 bits per heavy atom. The Balaban J connectivity index is 2.61. The van der Waals surface area contributed by atoms with Gasteiger partial charge in [-0.25, -0.2) is 0 Å². The van der Waals surface area contributed by atoms with Crippen LogP contribution in [0.15, 0.2) is 24.3 Å². The molecule has 1 atom stereocenters. The van der Waals surface area contributed by atoms with Gasteiger partial charge in [0, 0.05) is 6.54 Å². The van der Waals surface area contributed by atoms with Gasteiger partial charge in [0.2, 0.25) is 0 Å². The van der Waals surface area contributed by atoms with Crippen LogP contribution in [0.5, 0.6) is 5.75 Å². The van der Waals surface area contributed by atoms with Crippen molar-refractivity contribution in [2.45, 2.75) is 26.4 Å². The van der Waals surface area contributed by atoms with E-state index in [1.54, 1.807) is 18.2 Å². The van der Waals surface area contributed by atoms with Crippen molar-refractivity contribution in [1.29, 1.82) is 0 Å². The normalized spacial score (nSPS) is 12.5. The largest absolute Gasteiger partial charge is 0.508 e. The summed E-state index contributed by atoms with van der Waals surface area (Å²) in [6.07, 6.45) is 0. The molecule has 1 aromatic rings. The van der Waals surface area contributed by atoms with Crippen LogP contribution in [0.2, 0.25) is 0 Å². The number of hydrogen-bond acceptors (Lipinski definition) is 4. The molecule has 2 N–H and O–H groups in total. The Bertz CT molecular complexity index is 377. The van der Waals surface area contributed by atoms with Crippen molar-refractivity contribution in [3.05, 3.63) is 29.8 Å². The van der Waals surface area contributed by atoms with E-state index in [-0.39, 0.29) is 23.7 Å². The smallest absolute Gasteiger partial charge is 0.323 e. The standard InChI is InChI=1S/C13H19NO3/c1-9(2)12(13(16)17-3)14-8-10-5-4-6-11(15)7-10/h4-7,9,12,14-15H,8H2,1-3H3. The third-order valence-electron chi connectivity index (χ3n) is 2.56. The summed E-state index contributed by atoms with van der Waals surface area (Å²) >= 11 is 0. The van der Waals surface area contributed by atoms with Crippen molar-refractivity contribution in [1.82, 2.24) is 5.32 Å². The molecule has 0 radical (unpaired) electrons. The second-order valence-corrected chi connectivity index (χ2v) is 4.30. The lowest BCUT2D eigenvalue weighted by Crippen LogP contribution is -2.41. The minimum Gasteiger partial charge on any atom is -0.508 e. The number of phenolic OH excluding ortho intramolecular Hbond substituents is 1. The van der Waals surface area contributed by atoms with Crippen LogP contribution >= 0.6 is 0 Å². The Kier molecular flexibility index (Phi) is 4.97. The predicted molar refractivity (Wildman–Crippen MR) is 65.6 cm³/mol. The van der Waals surface area contributed by atoms with E-state index in [1.165, 1.54) is 7.11 Å². The van der Waals surface area contributed by atoms with Gasteiger partial charge in [0.1, 0.15) is 11.8 Å². The van der Waals surface area contributed by atoms with Gasteiger partial charge >= 0.3 is 5.97 Å². The molecule has 0 spiro atoms. The minimum atomic E-state index is -0.331. The van der Waals surface area contributed by atoms with Gasteiger partial charge in [-0.3, -0.25) is 4.79 Å². The molecule has 0 saturated heterocycles. The molecule has 94 valence electrons. The SMILES string of the molecule is COC(=O)C(NCc1cccc(O)c1)C(C)C. The Morgan fingerprint density at radius 3 is 2.71 bits per heavy atom. The highest BCUT2D eigenvalue weighted by molar-refractivity contribution is 5.75. The first kappa shape index (κ1) is 13.5. The summed E-state index contributed by atoms with van der Waals surface area (Å²) in [5, 5.41) is 12.5. The zero-order valence-corrected chi connectivity index (χ0v) is 10.4. The van der Waals surface area contributed by atoms with Crippen molar-refractivity contribution < 1.29 is 14.6 Å². The number of carbonyl (C=O) groups excluding carboxylic acids is 1. The number of benzene rings is 1. The molecule has 0 saturated carbocycles. The van der Waals surface area contributed by atoms with E-state index in [0.29, 0.717) is 6.54 Å². The number of hydrogen-bond donors (Lipinski definition) is 2. The molecule has 0 aliphatic heterocycles. The summed E-state index contributed by atoms with van der Waals surface area (Å²) in [5.41, 5.74) is 0.930. The van der Waals surface area contributed by atoms with E-state index >= 15 is 0 Å². The first-order valence-corrected chi connectivity index (χ1v) is 5.63. The highest BCUT2D eigenvalue weighted by Gasteiger charge is 2.21. The number of rotatable bonds is 5. The molecule has 4 nitrogen and oxygen atoms in total. The van der Waals surface area contributed by atoms with Gasteiger partial charge in [-0.05, 0) is 23.6 Å². The van der Waals surface area contributed by atoms with Crippen LogP contribution in [-0.2, 0) is 16.1 Å². The Labute approximate surface area is 102 Å². The molecule has 0 bridgehead atoms. The van der Waals surface area contributed by atoms with Gasteiger partial charge in [-0.15, -0.1) is 0 Å². The van der Waals surface area contributed by atoms with Crippen LogP contribution in [0.3, 0.4) is 0 Å². The summed E-state index contributed by atoms with van der Waals surface area (Å²) in [6, 6.07) is 6.61. The van der Waals surface area contributed by atoms with Crippen LogP contribution in [0.25, 0.3) is 0 Å². The minimum absolute atomic E-state index is 0.153. The molecular weight excluding hydrogens is 218 g/mol. The van der Waals surface area contributed by atoms with Gasteiger partial charge in [0.15, 0.2) is 0 Å². The Morgan fingerprint density at radius 1 is 1.47 bits per heavy atom. The summed E-state index contributed by atoms with van der Waals surface area (Å²) in [7, 11) is 1.38. The van der Waals surface area contributed by atoms with Gasteiger partial charge < -0.3 is 15.2 Å². The molecule has 0 aliphatic rings. The highest BCUT2D eigenvalue weighted by Crippen LogP contribution is 2.11. The third-order valence-corrected chi connectivity index (χ3v) is 2.56. The van der Waals surface area contributed by atoms with E-state index < -0.39 is 0 Å². The molecule has 1 unspecified atom stereocenters. The Hall–Kier alpha value is -1.55. The second-order valence-electron chi connectivity index (χ2n) is 4.30. The summed E-state index contributed by atoms with van der Waals surface area (Å²) in [6.45, 7) is 4.43. The zero-order valence-electron chi connectivity index (χ0n) is 10.4. The lowest BCUT2D eigenvalue weighted by atomic mass is 10.0. The van der Waals surface area contributed by atoms with Gasteiger partial charge in [-0.2, -0.15) is 0 Å². The average Bonchev–Trinajstić information content (AvgIpc) is 2.28. The number of nitrogens with one attached hydrogen (secondary N) is 1. The lowest BCUT2D eigenvalue weighted by molar-refractivity contribution is -0.144. The fourth-order valence-electron chi connectivity index (χ4n) is 1.61. The van der Waals surface area contributed by atoms with Gasteiger partial charge in [0.25, 0.3) is 0 Å². The molecule has 0 aromatic heterocycles. The predicted octanol–water partition coefficient (Wildman–Crippen LogP) is 1.68. The molecule has 1 aromatic carbocycles. The van der Waals surface area contributed by atoms with Gasteiger partial charge in [-0.1, -0.05) is 26.0 Å². The summed E-state index contributed by atoms with van der Waals surface area (Å²) in [4.78, 5) is 11.5. The van der Waals surface area contributed by atoms with E-state index in [4.69, 9.17) is 4.74 Å². The summed E-state index contributed by atoms with van der Waals surface area (Å²) < 4.78 is 4.73. The topological polar surface area (TPSA) is 58.6 Å². The van der Waals surface area contributed by atoms with Crippen LogP contribution < -0.4 is 5.32 Å². The van der Waals surface area contributed by atoms with E-state index in [9.17, 15) is 9.90 Å². The number of methoxy groups -OCH3 is 1. The fraction of sp³-hybridized carbons (Fsp3) is 0.462. The van der Waals surface area contributed by atoms with E-state index in [1.807, 2.05) is 19.9 Å². The monoisotopic (exact) mass is 237 g/mol. The maximum absolute atomic E-state index is 11.5. The molecular formula is C13H19NO3. The van der Waals surface area contributed by atoms with Crippen LogP contribution in [-0.4, -0.2) is 24.2 Å². The van der Waals surface area contributed by atoms with Crippen LogP contribution in [0, 0.1) is 5.92 Å². The molecule has 0 aliphatic carbocycles. The number of esters is 1. The summed E-state index contributed by atoms with van der Waals surface area (Å²) in [5.74, 6) is 0.114. The lowest BCUT2D eigenvalue weighted by Gasteiger charge is -2.19. The number of carbonyl (C=O) groups is 1. The van der Waals surface area contributed by atoms with Crippen molar-refractivity contribution in [3.63, 3.8) is 0 Å². The zero-order chi connectivity index (χ0) is 12.8. The van der Waals surface area contributed by atoms with Crippen molar-refractivity contribution in [2.24, 2.45) is 5.92 Å². The molecule has 0 heterocycles. The van der Waals surface area contributed by atoms with Crippen molar-refractivity contribution in [3.8, 4) is 5.75 Å². The fourth-order valence-corrected chi connectivity index (χ4v) is 1.61. The van der Waals surface area contributed by atoms with Gasteiger partial charge in [0.05, 0.1) is 7.11 Å². The molecule has 0 fully saturated rings. The molecule has 17 heavy (non-hydrogen) atoms. The van der Waals surface area contributed by atoms with Crippen LogP contribution in [0.1, 0.15) is 19.4 Å². The third kappa shape index (κ3) is 4.07. The quantitative estimate of drug-likeness (QED) is 0.765. The average molecular weight is 237 g/mol. The maximum Gasteiger partial charge on any atom is 0.323 e. The highest BCUT2D eigenvalue weighted by atomic mass is 16.5. The second kappa shape index (κ2) is 6.25.